The third kappa shape index (κ3) is 5.01. The minimum absolute atomic E-state index is 0.110. The van der Waals surface area contributed by atoms with Gasteiger partial charge in [-0.05, 0) is 63.5 Å². The van der Waals surface area contributed by atoms with Gasteiger partial charge in [-0.15, -0.1) is 0 Å². The Hall–Kier alpha value is -2.54. The highest BCUT2D eigenvalue weighted by Gasteiger charge is 2.36. The van der Waals surface area contributed by atoms with Crippen molar-refractivity contribution in [3.63, 3.8) is 0 Å². The standard InChI is InChI=1S/C20H27NO6/c1-12-8-15(26-4)9-13(2)19(12)27-11-14-6-5-7-21(3)18(14)16(20(24)25)10-17(22)23/h8-10,14,18H,5-7,11H2,1-4H3,(H,22,23)(H,24,25)/b16-10+. The molecule has 1 aliphatic heterocycles. The summed E-state index contributed by atoms with van der Waals surface area (Å²) in [6.45, 7) is 4.89. The van der Waals surface area contributed by atoms with E-state index in [-0.39, 0.29) is 11.5 Å². The summed E-state index contributed by atoms with van der Waals surface area (Å²) in [5.74, 6) is -1.08. The minimum atomic E-state index is -1.26. The van der Waals surface area contributed by atoms with Gasteiger partial charge < -0.3 is 19.7 Å². The smallest absolute Gasteiger partial charge is 0.333 e. The number of likely N-dealkylation sites (N-methyl/N-ethyl adjacent to an activating group) is 1. The number of likely N-dealkylation sites (tertiary alicyclic amines) is 1. The molecule has 1 fully saturated rings. The van der Waals surface area contributed by atoms with Crippen molar-refractivity contribution in [1.82, 2.24) is 4.90 Å². The van der Waals surface area contributed by atoms with Gasteiger partial charge in [0, 0.05) is 18.0 Å². The molecule has 148 valence electrons. The predicted octanol–water partition coefficient (Wildman–Crippen LogP) is 2.50. The molecule has 1 aromatic rings. The molecule has 1 heterocycles. The normalized spacial score (nSPS) is 21.0. The molecule has 1 aliphatic rings. The molecular formula is C20H27NO6. The van der Waals surface area contributed by atoms with Crippen molar-refractivity contribution in [2.75, 3.05) is 27.3 Å². The zero-order valence-corrected chi connectivity index (χ0v) is 16.2. The van der Waals surface area contributed by atoms with E-state index >= 15 is 0 Å². The van der Waals surface area contributed by atoms with Gasteiger partial charge in [-0.1, -0.05) is 0 Å². The average Bonchev–Trinajstić information content (AvgIpc) is 2.59. The molecule has 2 N–H and O–H groups in total. The van der Waals surface area contributed by atoms with Crippen LogP contribution in [-0.4, -0.2) is 60.4 Å². The molecule has 2 rings (SSSR count). The highest BCUT2D eigenvalue weighted by molar-refractivity contribution is 5.95. The maximum atomic E-state index is 11.7. The Morgan fingerprint density at radius 2 is 1.89 bits per heavy atom. The van der Waals surface area contributed by atoms with Gasteiger partial charge in [-0.25, -0.2) is 9.59 Å². The van der Waals surface area contributed by atoms with Gasteiger partial charge in [0.1, 0.15) is 11.5 Å². The molecule has 7 heteroatoms. The molecule has 0 saturated carbocycles. The van der Waals surface area contributed by atoms with Crippen molar-refractivity contribution in [1.29, 1.82) is 0 Å². The number of carboxylic acids is 2. The van der Waals surface area contributed by atoms with Crippen LogP contribution in [0.15, 0.2) is 23.8 Å². The fourth-order valence-corrected chi connectivity index (χ4v) is 3.78. The zero-order valence-electron chi connectivity index (χ0n) is 16.2. The molecule has 0 bridgehead atoms. The van der Waals surface area contributed by atoms with E-state index in [1.807, 2.05) is 37.9 Å². The van der Waals surface area contributed by atoms with Crippen LogP contribution >= 0.6 is 0 Å². The third-order valence-electron chi connectivity index (χ3n) is 4.96. The van der Waals surface area contributed by atoms with Crippen LogP contribution in [0.5, 0.6) is 11.5 Å². The van der Waals surface area contributed by atoms with E-state index in [1.54, 1.807) is 7.11 Å². The molecule has 0 radical (unpaired) electrons. The van der Waals surface area contributed by atoms with Gasteiger partial charge in [0.25, 0.3) is 0 Å². The summed E-state index contributed by atoms with van der Waals surface area (Å²) < 4.78 is 11.3. The summed E-state index contributed by atoms with van der Waals surface area (Å²) in [5.41, 5.74) is 1.76. The van der Waals surface area contributed by atoms with E-state index in [0.717, 1.165) is 41.5 Å². The molecule has 0 aromatic heterocycles. The summed E-state index contributed by atoms with van der Waals surface area (Å²) >= 11 is 0. The predicted molar refractivity (Wildman–Crippen MR) is 100 cm³/mol. The third-order valence-corrected chi connectivity index (χ3v) is 4.96. The molecule has 2 atom stereocenters. The first-order valence-corrected chi connectivity index (χ1v) is 8.90. The van der Waals surface area contributed by atoms with Crippen LogP contribution in [0.1, 0.15) is 24.0 Å². The van der Waals surface area contributed by atoms with Crippen molar-refractivity contribution in [3.05, 3.63) is 34.9 Å². The van der Waals surface area contributed by atoms with Crippen LogP contribution < -0.4 is 9.47 Å². The largest absolute Gasteiger partial charge is 0.497 e. The van der Waals surface area contributed by atoms with Gasteiger partial charge in [0.05, 0.1) is 19.3 Å². The number of methoxy groups -OCH3 is 1. The monoisotopic (exact) mass is 377 g/mol. The minimum Gasteiger partial charge on any atom is -0.497 e. The van der Waals surface area contributed by atoms with E-state index in [4.69, 9.17) is 14.6 Å². The van der Waals surface area contributed by atoms with Crippen LogP contribution in [0.2, 0.25) is 0 Å². The summed E-state index contributed by atoms with van der Waals surface area (Å²) in [6.07, 6.45) is 2.47. The second kappa shape index (κ2) is 8.90. The molecular weight excluding hydrogens is 350 g/mol. The van der Waals surface area contributed by atoms with Crippen LogP contribution in [-0.2, 0) is 9.59 Å². The Kier molecular flexibility index (Phi) is 6.85. The first-order valence-electron chi connectivity index (χ1n) is 8.90. The van der Waals surface area contributed by atoms with E-state index in [2.05, 4.69) is 0 Å². The van der Waals surface area contributed by atoms with Gasteiger partial charge in [0.15, 0.2) is 0 Å². The highest BCUT2D eigenvalue weighted by atomic mass is 16.5. The SMILES string of the molecule is COc1cc(C)c(OCC2CCCN(C)C2/C(=C\C(=O)O)C(=O)O)c(C)c1. The average molecular weight is 377 g/mol. The maximum absolute atomic E-state index is 11.7. The lowest BCUT2D eigenvalue weighted by atomic mass is 9.85. The van der Waals surface area contributed by atoms with Crippen molar-refractivity contribution < 1.29 is 29.3 Å². The Bertz CT molecular complexity index is 719. The quantitative estimate of drug-likeness (QED) is 0.705. The number of piperidine rings is 1. The number of aliphatic carboxylic acids is 2. The molecule has 0 spiro atoms. The van der Waals surface area contributed by atoms with Crippen molar-refractivity contribution >= 4 is 11.9 Å². The molecule has 0 aliphatic carbocycles. The first kappa shape index (κ1) is 20.8. The van der Waals surface area contributed by atoms with Gasteiger partial charge in [0.2, 0.25) is 0 Å². The van der Waals surface area contributed by atoms with Crippen LogP contribution in [0.3, 0.4) is 0 Å². The number of aryl methyl sites for hydroxylation is 2. The molecule has 1 aromatic carbocycles. The molecule has 2 unspecified atom stereocenters. The number of hydrogen-bond acceptors (Lipinski definition) is 5. The van der Waals surface area contributed by atoms with Crippen LogP contribution in [0.25, 0.3) is 0 Å². The topological polar surface area (TPSA) is 96.3 Å². The Morgan fingerprint density at radius 1 is 1.26 bits per heavy atom. The number of ether oxygens (including phenoxy) is 2. The lowest BCUT2D eigenvalue weighted by Gasteiger charge is -2.39. The summed E-state index contributed by atoms with van der Waals surface area (Å²) in [7, 11) is 3.43. The number of benzene rings is 1. The van der Waals surface area contributed by atoms with Crippen molar-refractivity contribution in [3.8, 4) is 11.5 Å². The molecule has 0 amide bonds. The molecule has 7 nitrogen and oxygen atoms in total. The lowest BCUT2D eigenvalue weighted by molar-refractivity contribution is -0.136. The Morgan fingerprint density at radius 3 is 2.41 bits per heavy atom. The number of carboxylic acid groups (broad SMARTS) is 2. The van der Waals surface area contributed by atoms with E-state index in [9.17, 15) is 14.7 Å². The van der Waals surface area contributed by atoms with Crippen molar-refractivity contribution in [2.24, 2.45) is 5.92 Å². The van der Waals surface area contributed by atoms with Crippen LogP contribution in [0, 0.1) is 19.8 Å². The van der Waals surface area contributed by atoms with Gasteiger partial charge in [-0.2, -0.15) is 0 Å². The number of rotatable bonds is 7. The fourth-order valence-electron chi connectivity index (χ4n) is 3.78. The van der Waals surface area contributed by atoms with Gasteiger partial charge in [-0.3, -0.25) is 4.90 Å². The first-order chi connectivity index (χ1) is 12.7. The Balaban J connectivity index is 2.25. The fraction of sp³-hybridized carbons (Fsp3) is 0.500. The lowest BCUT2D eigenvalue weighted by Crippen LogP contribution is -2.47. The van der Waals surface area contributed by atoms with Gasteiger partial charge >= 0.3 is 11.9 Å². The van der Waals surface area contributed by atoms with E-state index in [0.29, 0.717) is 13.2 Å². The van der Waals surface area contributed by atoms with Crippen LogP contribution in [0.4, 0.5) is 0 Å². The Labute approximate surface area is 159 Å². The zero-order chi connectivity index (χ0) is 20.1. The summed E-state index contributed by atoms with van der Waals surface area (Å²) in [6, 6.07) is 3.27. The van der Waals surface area contributed by atoms with E-state index < -0.39 is 18.0 Å². The second-order valence-corrected chi connectivity index (χ2v) is 6.97. The number of hydrogen-bond donors (Lipinski definition) is 2. The van der Waals surface area contributed by atoms with Crippen molar-refractivity contribution in [2.45, 2.75) is 32.7 Å². The highest BCUT2D eigenvalue weighted by Crippen LogP contribution is 2.32. The second-order valence-electron chi connectivity index (χ2n) is 6.97. The van der Waals surface area contributed by atoms with E-state index in [1.165, 1.54) is 0 Å². The maximum Gasteiger partial charge on any atom is 0.333 e. The summed E-state index contributed by atoms with van der Waals surface area (Å²) in [4.78, 5) is 24.7. The number of nitrogens with zero attached hydrogens (tertiary/aromatic N) is 1. The number of carbonyl (C=O) groups is 2. The summed E-state index contributed by atoms with van der Waals surface area (Å²) in [5, 5.41) is 18.6. The molecule has 1 saturated heterocycles. The molecule has 27 heavy (non-hydrogen) atoms.